The standard InChI is InChI=1S/C24H23FN2O3S/c1-16-6-5-7-17(2)23(16)26-24(28)22-14-18-8-3-4-9-19(18)15-27(22)31(29,30)21-12-10-20(25)11-13-21/h3-13,22H,14-15H2,1-2H3,(H,26,28)/t22-/m1/s1. The molecule has 31 heavy (non-hydrogen) atoms. The SMILES string of the molecule is Cc1cccc(C)c1NC(=O)[C@H]1Cc2ccccc2CN1S(=O)(=O)c1ccc(F)cc1. The van der Waals surface area contributed by atoms with E-state index in [0.717, 1.165) is 34.4 Å². The minimum Gasteiger partial charge on any atom is -0.324 e. The first kappa shape index (κ1) is 21.2. The van der Waals surface area contributed by atoms with Gasteiger partial charge in [-0.1, -0.05) is 42.5 Å². The van der Waals surface area contributed by atoms with Crippen LogP contribution in [0.2, 0.25) is 0 Å². The van der Waals surface area contributed by atoms with E-state index in [0.29, 0.717) is 5.69 Å². The Morgan fingerprint density at radius 3 is 2.19 bits per heavy atom. The summed E-state index contributed by atoms with van der Waals surface area (Å²) in [5.74, 6) is -0.912. The molecule has 0 bridgehead atoms. The van der Waals surface area contributed by atoms with Crippen molar-refractivity contribution in [3.63, 3.8) is 0 Å². The van der Waals surface area contributed by atoms with Gasteiger partial charge in [0.05, 0.1) is 4.90 Å². The molecule has 5 nitrogen and oxygen atoms in total. The fourth-order valence-electron chi connectivity index (χ4n) is 3.94. The molecule has 1 atom stereocenters. The highest BCUT2D eigenvalue weighted by Gasteiger charge is 2.39. The van der Waals surface area contributed by atoms with Gasteiger partial charge in [-0.3, -0.25) is 4.79 Å². The van der Waals surface area contributed by atoms with Crippen LogP contribution in [0.4, 0.5) is 10.1 Å². The molecule has 0 saturated heterocycles. The number of aryl methyl sites for hydroxylation is 2. The maximum atomic E-state index is 13.4. The molecule has 7 heteroatoms. The van der Waals surface area contributed by atoms with E-state index in [1.807, 2.05) is 56.3 Å². The highest BCUT2D eigenvalue weighted by Crippen LogP contribution is 2.30. The summed E-state index contributed by atoms with van der Waals surface area (Å²) in [5, 5.41) is 2.94. The second kappa shape index (κ2) is 8.24. The van der Waals surface area contributed by atoms with E-state index in [-0.39, 0.29) is 17.9 Å². The van der Waals surface area contributed by atoms with Crippen LogP contribution in [0, 0.1) is 19.7 Å². The second-order valence-electron chi connectivity index (χ2n) is 7.75. The average Bonchev–Trinajstić information content (AvgIpc) is 2.75. The Hall–Kier alpha value is -3.03. The summed E-state index contributed by atoms with van der Waals surface area (Å²) in [4.78, 5) is 13.3. The lowest BCUT2D eigenvalue weighted by Gasteiger charge is -2.35. The van der Waals surface area contributed by atoms with Crippen LogP contribution in [0.5, 0.6) is 0 Å². The molecule has 0 unspecified atom stereocenters. The van der Waals surface area contributed by atoms with Gasteiger partial charge in [-0.2, -0.15) is 4.31 Å². The third-order valence-corrected chi connectivity index (χ3v) is 7.53. The smallest absolute Gasteiger partial charge is 0.244 e. The molecule has 1 aliphatic heterocycles. The molecule has 4 rings (SSSR count). The lowest BCUT2D eigenvalue weighted by atomic mass is 9.95. The van der Waals surface area contributed by atoms with E-state index >= 15 is 0 Å². The maximum absolute atomic E-state index is 13.4. The molecule has 0 radical (unpaired) electrons. The molecular formula is C24H23FN2O3S. The van der Waals surface area contributed by atoms with E-state index in [2.05, 4.69) is 5.32 Å². The Bertz CT molecular complexity index is 1220. The molecule has 1 aliphatic rings. The maximum Gasteiger partial charge on any atom is 0.244 e. The van der Waals surface area contributed by atoms with Crippen LogP contribution in [0.3, 0.4) is 0 Å². The number of halogens is 1. The number of anilines is 1. The van der Waals surface area contributed by atoms with Crippen molar-refractivity contribution in [3.05, 3.63) is 94.8 Å². The molecule has 160 valence electrons. The van der Waals surface area contributed by atoms with Crippen LogP contribution in [-0.2, 0) is 27.8 Å². The van der Waals surface area contributed by atoms with E-state index in [1.54, 1.807) is 0 Å². The molecule has 1 heterocycles. The third kappa shape index (κ3) is 4.11. The minimum atomic E-state index is -4.02. The van der Waals surface area contributed by atoms with E-state index in [9.17, 15) is 17.6 Å². The average molecular weight is 439 g/mol. The van der Waals surface area contributed by atoms with Crippen molar-refractivity contribution in [2.24, 2.45) is 0 Å². The second-order valence-corrected chi connectivity index (χ2v) is 9.64. The number of amides is 1. The molecule has 0 aromatic heterocycles. The lowest BCUT2D eigenvalue weighted by molar-refractivity contribution is -0.120. The van der Waals surface area contributed by atoms with Gasteiger partial charge in [0.1, 0.15) is 11.9 Å². The normalized spacial score (nSPS) is 16.5. The van der Waals surface area contributed by atoms with E-state index in [1.165, 1.54) is 16.4 Å². The monoisotopic (exact) mass is 438 g/mol. The molecule has 1 amide bonds. The Balaban J connectivity index is 1.74. The van der Waals surface area contributed by atoms with Gasteiger partial charge in [-0.15, -0.1) is 0 Å². The number of fused-ring (bicyclic) bond motifs is 1. The largest absolute Gasteiger partial charge is 0.324 e. The predicted molar refractivity (Wildman–Crippen MR) is 118 cm³/mol. The van der Waals surface area contributed by atoms with Crippen molar-refractivity contribution in [3.8, 4) is 0 Å². The summed E-state index contributed by atoms with van der Waals surface area (Å²) < 4.78 is 41.4. The number of nitrogens with zero attached hydrogens (tertiary/aromatic N) is 1. The van der Waals surface area contributed by atoms with Gasteiger partial charge in [0.2, 0.25) is 15.9 Å². The summed E-state index contributed by atoms with van der Waals surface area (Å²) in [5.41, 5.74) is 4.28. The van der Waals surface area contributed by atoms with Crippen LogP contribution in [0.25, 0.3) is 0 Å². The molecule has 1 N–H and O–H groups in total. The van der Waals surface area contributed by atoms with E-state index < -0.39 is 27.8 Å². The Morgan fingerprint density at radius 1 is 0.935 bits per heavy atom. The van der Waals surface area contributed by atoms with Gasteiger partial charge in [0, 0.05) is 12.2 Å². The number of para-hydroxylation sites is 1. The number of carbonyl (C=O) groups is 1. The number of hydrogen-bond acceptors (Lipinski definition) is 3. The molecule has 0 saturated carbocycles. The highest BCUT2D eigenvalue weighted by atomic mass is 32.2. The number of rotatable bonds is 4. The molecule has 0 spiro atoms. The Morgan fingerprint density at radius 2 is 1.55 bits per heavy atom. The zero-order valence-electron chi connectivity index (χ0n) is 17.3. The van der Waals surface area contributed by atoms with E-state index in [4.69, 9.17) is 0 Å². The summed E-state index contributed by atoms with van der Waals surface area (Å²) in [6, 6.07) is 16.9. The van der Waals surface area contributed by atoms with Crippen molar-refractivity contribution < 1.29 is 17.6 Å². The first-order valence-electron chi connectivity index (χ1n) is 9.98. The third-order valence-electron chi connectivity index (χ3n) is 5.66. The summed E-state index contributed by atoms with van der Waals surface area (Å²) >= 11 is 0. The van der Waals surface area contributed by atoms with Crippen molar-refractivity contribution in [2.45, 2.75) is 37.8 Å². The van der Waals surface area contributed by atoms with Crippen LogP contribution in [0.15, 0.2) is 71.6 Å². The van der Waals surface area contributed by atoms with Gasteiger partial charge in [0.15, 0.2) is 0 Å². The van der Waals surface area contributed by atoms with Gasteiger partial charge in [-0.25, -0.2) is 12.8 Å². The summed E-state index contributed by atoms with van der Waals surface area (Å²) in [7, 11) is -4.02. The van der Waals surface area contributed by atoms with Crippen molar-refractivity contribution in [1.29, 1.82) is 0 Å². The van der Waals surface area contributed by atoms with Crippen molar-refractivity contribution in [2.75, 3.05) is 5.32 Å². The summed E-state index contributed by atoms with van der Waals surface area (Å²) in [6.07, 6.45) is 0.257. The zero-order chi connectivity index (χ0) is 22.2. The predicted octanol–water partition coefficient (Wildman–Crippen LogP) is 4.20. The minimum absolute atomic E-state index is 0.0434. The number of carbonyl (C=O) groups excluding carboxylic acids is 1. The first-order valence-corrected chi connectivity index (χ1v) is 11.4. The Kier molecular flexibility index (Phi) is 5.64. The fourth-order valence-corrected chi connectivity index (χ4v) is 5.50. The zero-order valence-corrected chi connectivity index (χ0v) is 18.1. The van der Waals surface area contributed by atoms with Crippen molar-refractivity contribution >= 4 is 21.6 Å². The van der Waals surface area contributed by atoms with Gasteiger partial charge in [0.25, 0.3) is 0 Å². The van der Waals surface area contributed by atoms with Crippen LogP contribution in [-0.4, -0.2) is 24.7 Å². The number of benzene rings is 3. The van der Waals surface area contributed by atoms with Crippen LogP contribution in [0.1, 0.15) is 22.3 Å². The lowest BCUT2D eigenvalue weighted by Crippen LogP contribution is -2.50. The highest BCUT2D eigenvalue weighted by molar-refractivity contribution is 7.89. The van der Waals surface area contributed by atoms with Crippen LogP contribution < -0.4 is 5.32 Å². The topological polar surface area (TPSA) is 66.5 Å². The number of sulfonamides is 1. The number of hydrogen-bond donors (Lipinski definition) is 1. The Labute approximate surface area is 181 Å². The molecular weight excluding hydrogens is 415 g/mol. The molecule has 0 fully saturated rings. The first-order chi connectivity index (χ1) is 14.8. The fraction of sp³-hybridized carbons (Fsp3) is 0.208. The van der Waals surface area contributed by atoms with Gasteiger partial charge in [-0.05, 0) is 66.8 Å². The summed E-state index contributed by atoms with van der Waals surface area (Å²) in [6.45, 7) is 3.86. The molecule has 3 aromatic rings. The van der Waals surface area contributed by atoms with Crippen LogP contribution >= 0.6 is 0 Å². The van der Waals surface area contributed by atoms with Gasteiger partial charge < -0.3 is 5.32 Å². The molecule has 3 aromatic carbocycles. The van der Waals surface area contributed by atoms with Crippen molar-refractivity contribution in [1.82, 2.24) is 4.31 Å². The number of nitrogens with one attached hydrogen (secondary N) is 1. The van der Waals surface area contributed by atoms with Gasteiger partial charge >= 0.3 is 0 Å². The molecule has 0 aliphatic carbocycles. The quantitative estimate of drug-likeness (QED) is 0.664.